The second-order valence-corrected chi connectivity index (χ2v) is 4.97. The van der Waals surface area contributed by atoms with E-state index < -0.39 is 0 Å². The smallest absolute Gasteiger partial charge is 0.268 e. The van der Waals surface area contributed by atoms with Crippen molar-refractivity contribution in [3.05, 3.63) is 22.6 Å². The molecule has 1 atom stereocenters. The van der Waals surface area contributed by atoms with Crippen LogP contribution in [0.3, 0.4) is 0 Å². The summed E-state index contributed by atoms with van der Waals surface area (Å²) >= 11 is 0. The standard InChI is InChI=1S/C14H26N4O/c1-5-17(4)13-10-14(19)18(16-11-13)9-7-6-8-12(2)15-3/h10-12,15H,5-9H2,1-4H3. The molecule has 0 fully saturated rings. The van der Waals surface area contributed by atoms with Gasteiger partial charge in [-0.15, -0.1) is 0 Å². The first-order valence-electron chi connectivity index (χ1n) is 7.04. The molecule has 0 bridgehead atoms. The normalized spacial score (nSPS) is 12.4. The molecule has 1 unspecified atom stereocenters. The summed E-state index contributed by atoms with van der Waals surface area (Å²) in [5.74, 6) is 0. The number of hydrogen-bond donors (Lipinski definition) is 1. The van der Waals surface area contributed by atoms with Crippen LogP contribution in [0.25, 0.3) is 0 Å². The van der Waals surface area contributed by atoms with E-state index >= 15 is 0 Å². The summed E-state index contributed by atoms with van der Waals surface area (Å²) in [7, 11) is 3.93. The third-order valence-corrected chi connectivity index (χ3v) is 3.52. The summed E-state index contributed by atoms with van der Waals surface area (Å²) < 4.78 is 1.55. The molecule has 0 aliphatic heterocycles. The molecule has 0 radical (unpaired) electrons. The summed E-state index contributed by atoms with van der Waals surface area (Å²) in [5.41, 5.74) is 0.868. The molecule has 0 saturated carbocycles. The van der Waals surface area contributed by atoms with Crippen molar-refractivity contribution >= 4 is 5.69 Å². The van der Waals surface area contributed by atoms with Crippen LogP contribution in [-0.2, 0) is 6.54 Å². The lowest BCUT2D eigenvalue weighted by molar-refractivity contribution is 0.479. The summed E-state index contributed by atoms with van der Waals surface area (Å²) in [5, 5.41) is 7.44. The van der Waals surface area contributed by atoms with Crippen LogP contribution in [-0.4, -0.2) is 36.5 Å². The van der Waals surface area contributed by atoms with Crippen LogP contribution in [0.5, 0.6) is 0 Å². The molecule has 1 heterocycles. The van der Waals surface area contributed by atoms with Crippen LogP contribution in [0.1, 0.15) is 33.1 Å². The van der Waals surface area contributed by atoms with Crippen molar-refractivity contribution in [3.8, 4) is 0 Å². The van der Waals surface area contributed by atoms with Gasteiger partial charge in [0.2, 0.25) is 0 Å². The van der Waals surface area contributed by atoms with Crippen LogP contribution in [0.4, 0.5) is 5.69 Å². The van der Waals surface area contributed by atoms with Gasteiger partial charge in [0.1, 0.15) is 0 Å². The van der Waals surface area contributed by atoms with Gasteiger partial charge in [0.15, 0.2) is 0 Å². The fraction of sp³-hybridized carbons (Fsp3) is 0.714. The Bertz CT molecular complexity index is 430. The van der Waals surface area contributed by atoms with E-state index in [1.54, 1.807) is 16.9 Å². The molecular formula is C14H26N4O. The molecule has 0 aliphatic carbocycles. The second kappa shape index (κ2) is 7.94. The number of nitrogens with zero attached hydrogens (tertiary/aromatic N) is 3. The number of aromatic nitrogens is 2. The Morgan fingerprint density at radius 3 is 2.79 bits per heavy atom. The zero-order valence-corrected chi connectivity index (χ0v) is 12.5. The summed E-state index contributed by atoms with van der Waals surface area (Å²) in [6, 6.07) is 2.19. The minimum Gasteiger partial charge on any atom is -0.373 e. The van der Waals surface area contributed by atoms with Gasteiger partial charge in [-0.25, -0.2) is 4.68 Å². The van der Waals surface area contributed by atoms with Gasteiger partial charge >= 0.3 is 0 Å². The van der Waals surface area contributed by atoms with Gasteiger partial charge in [-0.3, -0.25) is 4.79 Å². The van der Waals surface area contributed by atoms with E-state index in [4.69, 9.17) is 0 Å². The lowest BCUT2D eigenvalue weighted by Crippen LogP contribution is -2.26. The van der Waals surface area contributed by atoms with Crippen LogP contribution in [0, 0.1) is 0 Å². The van der Waals surface area contributed by atoms with Crippen molar-refractivity contribution < 1.29 is 0 Å². The third kappa shape index (κ3) is 5.03. The SMILES string of the molecule is CCN(C)c1cnn(CCCCC(C)NC)c(=O)c1. The minimum absolute atomic E-state index is 0.0144. The average Bonchev–Trinajstić information content (AvgIpc) is 2.43. The highest BCUT2D eigenvalue weighted by atomic mass is 16.1. The lowest BCUT2D eigenvalue weighted by Gasteiger charge is -2.16. The number of anilines is 1. The van der Waals surface area contributed by atoms with Gasteiger partial charge in [-0.1, -0.05) is 6.42 Å². The van der Waals surface area contributed by atoms with Crippen LogP contribution in [0.15, 0.2) is 17.1 Å². The Morgan fingerprint density at radius 1 is 1.47 bits per heavy atom. The van der Waals surface area contributed by atoms with Gasteiger partial charge in [0, 0.05) is 32.2 Å². The van der Waals surface area contributed by atoms with E-state index in [-0.39, 0.29) is 5.56 Å². The van der Waals surface area contributed by atoms with Crippen LogP contribution >= 0.6 is 0 Å². The molecule has 19 heavy (non-hydrogen) atoms. The number of nitrogens with one attached hydrogen (secondary N) is 1. The molecule has 0 amide bonds. The molecule has 1 aromatic heterocycles. The van der Waals surface area contributed by atoms with Crippen LogP contribution < -0.4 is 15.8 Å². The zero-order chi connectivity index (χ0) is 14.3. The van der Waals surface area contributed by atoms with Gasteiger partial charge < -0.3 is 10.2 Å². The van der Waals surface area contributed by atoms with Crippen molar-refractivity contribution in [1.29, 1.82) is 0 Å². The monoisotopic (exact) mass is 266 g/mol. The van der Waals surface area contributed by atoms with E-state index in [0.717, 1.165) is 31.5 Å². The molecule has 0 saturated heterocycles. The summed E-state index contributed by atoms with van der Waals surface area (Å²) in [4.78, 5) is 13.9. The molecule has 1 rings (SSSR count). The van der Waals surface area contributed by atoms with E-state index in [1.807, 2.05) is 19.0 Å². The Balaban J connectivity index is 2.49. The van der Waals surface area contributed by atoms with E-state index in [9.17, 15) is 4.79 Å². The van der Waals surface area contributed by atoms with Crippen molar-refractivity contribution in [2.75, 3.05) is 25.5 Å². The number of aryl methyl sites for hydroxylation is 1. The van der Waals surface area contributed by atoms with Crippen molar-refractivity contribution in [3.63, 3.8) is 0 Å². The second-order valence-electron chi connectivity index (χ2n) is 4.97. The third-order valence-electron chi connectivity index (χ3n) is 3.52. The Kier molecular flexibility index (Phi) is 6.56. The quantitative estimate of drug-likeness (QED) is 0.724. The highest BCUT2D eigenvalue weighted by Crippen LogP contribution is 2.06. The molecule has 5 nitrogen and oxygen atoms in total. The fourth-order valence-corrected chi connectivity index (χ4v) is 1.84. The van der Waals surface area contributed by atoms with Gasteiger partial charge in [0.25, 0.3) is 5.56 Å². The molecular weight excluding hydrogens is 240 g/mol. The van der Waals surface area contributed by atoms with Gasteiger partial charge in [0.05, 0.1) is 11.9 Å². The van der Waals surface area contributed by atoms with Gasteiger partial charge in [-0.2, -0.15) is 5.10 Å². The minimum atomic E-state index is -0.0144. The maximum atomic E-state index is 11.9. The first-order chi connectivity index (χ1) is 9.08. The lowest BCUT2D eigenvalue weighted by atomic mass is 10.1. The number of hydrogen-bond acceptors (Lipinski definition) is 4. The topological polar surface area (TPSA) is 50.2 Å². The predicted molar refractivity (Wildman–Crippen MR) is 79.8 cm³/mol. The maximum absolute atomic E-state index is 11.9. The molecule has 1 aromatic rings. The fourth-order valence-electron chi connectivity index (χ4n) is 1.84. The first-order valence-corrected chi connectivity index (χ1v) is 7.04. The average molecular weight is 266 g/mol. The van der Waals surface area contributed by atoms with E-state index in [0.29, 0.717) is 12.6 Å². The molecule has 0 spiro atoms. The molecule has 0 aliphatic rings. The molecule has 1 N–H and O–H groups in total. The van der Waals surface area contributed by atoms with Crippen LogP contribution in [0.2, 0.25) is 0 Å². The summed E-state index contributed by atoms with van der Waals surface area (Å²) in [6.07, 6.45) is 4.98. The number of rotatable bonds is 8. The maximum Gasteiger partial charge on any atom is 0.268 e. The number of unbranched alkanes of at least 4 members (excludes halogenated alkanes) is 1. The van der Waals surface area contributed by atoms with Crippen molar-refractivity contribution in [1.82, 2.24) is 15.1 Å². The van der Waals surface area contributed by atoms with Gasteiger partial charge in [-0.05, 0) is 33.7 Å². The molecule has 108 valence electrons. The molecule has 0 aromatic carbocycles. The largest absolute Gasteiger partial charge is 0.373 e. The Hall–Kier alpha value is -1.36. The predicted octanol–water partition coefficient (Wildman–Crippen LogP) is 1.48. The first kappa shape index (κ1) is 15.7. The van der Waals surface area contributed by atoms with Crippen molar-refractivity contribution in [2.45, 2.75) is 45.7 Å². The van der Waals surface area contributed by atoms with E-state index in [2.05, 4.69) is 24.3 Å². The Labute approximate surface area is 115 Å². The Morgan fingerprint density at radius 2 is 2.21 bits per heavy atom. The highest BCUT2D eigenvalue weighted by Gasteiger charge is 2.03. The summed E-state index contributed by atoms with van der Waals surface area (Å²) in [6.45, 7) is 5.78. The molecule has 5 heteroatoms. The van der Waals surface area contributed by atoms with E-state index in [1.165, 1.54) is 0 Å². The zero-order valence-electron chi connectivity index (χ0n) is 12.5. The van der Waals surface area contributed by atoms with Crippen molar-refractivity contribution in [2.24, 2.45) is 0 Å². The highest BCUT2D eigenvalue weighted by molar-refractivity contribution is 5.41.